The van der Waals surface area contributed by atoms with Gasteiger partial charge in [0.15, 0.2) is 0 Å². The summed E-state index contributed by atoms with van der Waals surface area (Å²) in [6.45, 7) is 3.38. The second-order valence-electron chi connectivity index (χ2n) is 4.04. The molecule has 0 N–H and O–H groups in total. The lowest BCUT2D eigenvalue weighted by molar-refractivity contribution is -0.117. The van der Waals surface area contributed by atoms with Gasteiger partial charge >= 0.3 is 0 Å². The van der Waals surface area contributed by atoms with E-state index in [0.717, 1.165) is 13.1 Å². The Morgan fingerprint density at radius 2 is 1.94 bits per heavy atom. The van der Waals surface area contributed by atoms with Crippen molar-refractivity contribution in [3.05, 3.63) is 29.8 Å². The van der Waals surface area contributed by atoms with Gasteiger partial charge in [0.25, 0.3) is 0 Å². The molecular weight excluding hydrogens is 218 g/mol. The van der Waals surface area contributed by atoms with Crippen LogP contribution in [0.1, 0.15) is 18.9 Å². The lowest BCUT2D eigenvalue weighted by Gasteiger charge is -2.15. The molecule has 1 aromatic rings. The number of carbonyl (C=O) groups is 1. The van der Waals surface area contributed by atoms with Gasteiger partial charge < -0.3 is 4.90 Å². The topological polar surface area (TPSA) is 20.3 Å². The molecule has 0 fully saturated rings. The first-order valence-electron chi connectivity index (χ1n) is 5.42. The number of hydrogen-bond acceptors (Lipinski definition) is 3. The molecule has 0 heterocycles. The molecule has 88 valence electrons. The fourth-order valence-corrected chi connectivity index (χ4v) is 1.88. The minimum Gasteiger partial charge on any atom is -0.302 e. The number of nitrogens with zero attached hydrogens (tertiary/aromatic N) is 1. The Labute approximate surface area is 102 Å². The van der Waals surface area contributed by atoms with Crippen molar-refractivity contribution in [1.82, 2.24) is 4.90 Å². The molecule has 16 heavy (non-hydrogen) atoms. The molecule has 0 aliphatic heterocycles. The van der Waals surface area contributed by atoms with E-state index in [4.69, 9.17) is 0 Å². The lowest BCUT2D eigenvalue weighted by atomic mass is 10.2. The van der Waals surface area contributed by atoms with E-state index in [9.17, 15) is 4.79 Å². The van der Waals surface area contributed by atoms with Crippen molar-refractivity contribution in [2.45, 2.75) is 24.8 Å². The van der Waals surface area contributed by atoms with Gasteiger partial charge in [-0.25, -0.2) is 0 Å². The van der Waals surface area contributed by atoms with Crippen molar-refractivity contribution >= 4 is 17.5 Å². The second kappa shape index (κ2) is 6.71. The highest BCUT2D eigenvalue weighted by molar-refractivity contribution is 7.98. The third kappa shape index (κ3) is 4.81. The molecule has 0 spiro atoms. The zero-order chi connectivity index (χ0) is 12.0. The van der Waals surface area contributed by atoms with Crippen LogP contribution in [0.25, 0.3) is 0 Å². The molecule has 1 rings (SSSR count). The van der Waals surface area contributed by atoms with Crippen LogP contribution in [0.5, 0.6) is 0 Å². The normalized spacial score (nSPS) is 10.8. The Balaban J connectivity index is 2.43. The first-order chi connectivity index (χ1) is 7.61. The summed E-state index contributed by atoms with van der Waals surface area (Å²) in [6.07, 6.45) is 2.72. The van der Waals surface area contributed by atoms with Gasteiger partial charge in [-0.1, -0.05) is 12.1 Å². The van der Waals surface area contributed by atoms with Crippen LogP contribution in [0.15, 0.2) is 29.2 Å². The molecule has 0 radical (unpaired) electrons. The molecule has 0 aliphatic carbocycles. The zero-order valence-electron chi connectivity index (χ0n) is 10.2. The summed E-state index contributed by atoms with van der Waals surface area (Å²) in [5, 5.41) is 0. The Morgan fingerprint density at radius 1 is 1.31 bits per heavy atom. The van der Waals surface area contributed by atoms with Crippen LogP contribution >= 0.6 is 11.8 Å². The van der Waals surface area contributed by atoms with Crippen molar-refractivity contribution in [1.29, 1.82) is 0 Å². The van der Waals surface area contributed by atoms with Crippen molar-refractivity contribution in [2.75, 3.05) is 19.8 Å². The number of rotatable bonds is 6. The number of hydrogen-bond donors (Lipinski definition) is 0. The molecule has 0 atom stereocenters. The predicted octanol–water partition coefficient (Wildman–Crippen LogP) is 2.82. The predicted molar refractivity (Wildman–Crippen MR) is 69.9 cm³/mol. The summed E-state index contributed by atoms with van der Waals surface area (Å²) in [5.41, 5.74) is 1.30. The first kappa shape index (κ1) is 13.3. The molecule has 2 nitrogen and oxygen atoms in total. The monoisotopic (exact) mass is 237 g/mol. The molecule has 0 bridgehead atoms. The zero-order valence-corrected chi connectivity index (χ0v) is 11.0. The number of ketones is 1. The van der Waals surface area contributed by atoms with E-state index in [1.165, 1.54) is 10.5 Å². The van der Waals surface area contributed by atoms with Gasteiger partial charge in [-0.05, 0) is 37.9 Å². The van der Waals surface area contributed by atoms with Gasteiger partial charge in [0.05, 0.1) is 0 Å². The summed E-state index contributed by atoms with van der Waals surface area (Å²) in [5.74, 6) is 0.254. The van der Waals surface area contributed by atoms with E-state index in [2.05, 4.69) is 35.4 Å². The third-order valence-corrected chi connectivity index (χ3v) is 3.20. The van der Waals surface area contributed by atoms with Gasteiger partial charge in [-0.2, -0.15) is 0 Å². The largest absolute Gasteiger partial charge is 0.302 e. The average Bonchev–Trinajstić information content (AvgIpc) is 2.27. The molecule has 0 aromatic heterocycles. The van der Waals surface area contributed by atoms with Crippen LogP contribution in [0.2, 0.25) is 0 Å². The first-order valence-corrected chi connectivity index (χ1v) is 6.65. The lowest BCUT2D eigenvalue weighted by Crippen LogP contribution is -2.20. The molecule has 0 aliphatic rings. The summed E-state index contributed by atoms with van der Waals surface area (Å²) in [7, 11) is 2.05. The minimum absolute atomic E-state index is 0.254. The van der Waals surface area contributed by atoms with Crippen molar-refractivity contribution in [3.8, 4) is 0 Å². The van der Waals surface area contributed by atoms with Crippen LogP contribution in [-0.4, -0.2) is 30.5 Å². The van der Waals surface area contributed by atoms with Gasteiger partial charge in [0, 0.05) is 24.4 Å². The maximum atomic E-state index is 10.9. The summed E-state index contributed by atoms with van der Waals surface area (Å²) in [4.78, 5) is 14.3. The average molecular weight is 237 g/mol. The Kier molecular flexibility index (Phi) is 5.56. The highest BCUT2D eigenvalue weighted by Crippen LogP contribution is 2.15. The van der Waals surface area contributed by atoms with E-state index in [0.29, 0.717) is 6.42 Å². The van der Waals surface area contributed by atoms with Gasteiger partial charge in [0.2, 0.25) is 0 Å². The Morgan fingerprint density at radius 3 is 2.44 bits per heavy atom. The van der Waals surface area contributed by atoms with Crippen molar-refractivity contribution < 1.29 is 4.79 Å². The number of carbonyl (C=O) groups excluding carboxylic acids is 1. The summed E-state index contributed by atoms with van der Waals surface area (Å²) < 4.78 is 0. The van der Waals surface area contributed by atoms with Gasteiger partial charge in [-0.15, -0.1) is 11.8 Å². The molecule has 0 saturated carbocycles. The van der Waals surface area contributed by atoms with E-state index in [-0.39, 0.29) is 5.78 Å². The summed E-state index contributed by atoms with van der Waals surface area (Å²) in [6, 6.07) is 8.57. The third-order valence-electron chi connectivity index (χ3n) is 2.46. The van der Waals surface area contributed by atoms with E-state index >= 15 is 0 Å². The maximum absolute atomic E-state index is 10.9. The van der Waals surface area contributed by atoms with Crippen LogP contribution < -0.4 is 0 Å². The maximum Gasteiger partial charge on any atom is 0.131 e. The fraction of sp³-hybridized carbons (Fsp3) is 0.462. The van der Waals surface area contributed by atoms with Crippen LogP contribution in [-0.2, 0) is 11.3 Å². The Bertz CT molecular complexity index is 334. The second-order valence-corrected chi connectivity index (χ2v) is 4.92. The minimum atomic E-state index is 0.254. The van der Waals surface area contributed by atoms with E-state index < -0.39 is 0 Å². The highest BCUT2D eigenvalue weighted by Gasteiger charge is 2.02. The fourth-order valence-electron chi connectivity index (χ4n) is 1.47. The van der Waals surface area contributed by atoms with Crippen LogP contribution in [0, 0.1) is 0 Å². The van der Waals surface area contributed by atoms with Crippen LogP contribution in [0.3, 0.4) is 0 Å². The molecular formula is C13H19NOS. The highest BCUT2D eigenvalue weighted by atomic mass is 32.2. The molecule has 0 unspecified atom stereocenters. The standard InChI is InChI=1S/C13H19NOS/c1-11(15)8-9-14(2)10-12-4-6-13(16-3)7-5-12/h4-7H,8-10H2,1-3H3. The van der Waals surface area contributed by atoms with E-state index in [1.807, 2.05) is 7.05 Å². The summed E-state index contributed by atoms with van der Waals surface area (Å²) >= 11 is 1.75. The van der Waals surface area contributed by atoms with E-state index in [1.54, 1.807) is 18.7 Å². The number of thioether (sulfide) groups is 1. The number of benzene rings is 1. The molecule has 0 amide bonds. The molecule has 3 heteroatoms. The molecule has 0 saturated heterocycles. The van der Waals surface area contributed by atoms with Crippen molar-refractivity contribution in [2.24, 2.45) is 0 Å². The van der Waals surface area contributed by atoms with Crippen molar-refractivity contribution in [3.63, 3.8) is 0 Å². The van der Waals surface area contributed by atoms with Gasteiger partial charge in [0.1, 0.15) is 5.78 Å². The van der Waals surface area contributed by atoms with Gasteiger partial charge in [-0.3, -0.25) is 4.79 Å². The smallest absolute Gasteiger partial charge is 0.131 e. The van der Waals surface area contributed by atoms with Crippen LogP contribution in [0.4, 0.5) is 0 Å². The Hall–Kier alpha value is -0.800. The SMILES string of the molecule is CSc1ccc(CN(C)CCC(C)=O)cc1. The number of Topliss-reactive ketones (excluding diaryl/α,β-unsaturated/α-hetero) is 1. The molecule has 1 aromatic carbocycles. The quantitative estimate of drug-likeness (QED) is 0.710.